The summed E-state index contributed by atoms with van der Waals surface area (Å²) in [6.45, 7) is 4.55. The predicted octanol–water partition coefficient (Wildman–Crippen LogP) is 10.4. The normalized spacial score (nSPS) is 13.1. The van der Waals surface area contributed by atoms with Gasteiger partial charge >= 0.3 is 0 Å². The molecule has 0 spiro atoms. The molecule has 2 nitrogen and oxygen atoms in total. The highest BCUT2D eigenvalue weighted by molar-refractivity contribution is 9.09. The number of fused-ring (bicyclic) bond motifs is 3. The van der Waals surface area contributed by atoms with Crippen LogP contribution in [0.3, 0.4) is 0 Å². The lowest BCUT2D eigenvalue weighted by atomic mass is 9.70. The van der Waals surface area contributed by atoms with Gasteiger partial charge in [-0.3, -0.25) is 4.79 Å². The molecule has 4 aromatic carbocycles. The zero-order chi connectivity index (χ0) is 26.5. The van der Waals surface area contributed by atoms with E-state index in [1.165, 1.54) is 27.9 Å². The molecule has 0 saturated heterocycles. The van der Waals surface area contributed by atoms with E-state index in [4.69, 9.17) is 0 Å². The van der Waals surface area contributed by atoms with Gasteiger partial charge in [-0.1, -0.05) is 110 Å². The van der Waals surface area contributed by atoms with Gasteiger partial charge in [0, 0.05) is 28.0 Å². The molecule has 0 amide bonds. The summed E-state index contributed by atoms with van der Waals surface area (Å²) in [4.78, 5) is 15.1. The van der Waals surface area contributed by atoms with E-state index in [9.17, 15) is 4.79 Å². The van der Waals surface area contributed by atoms with Crippen molar-refractivity contribution in [2.24, 2.45) is 0 Å². The van der Waals surface area contributed by atoms with Crippen LogP contribution in [0.1, 0.15) is 73.9 Å². The van der Waals surface area contributed by atoms with Gasteiger partial charge < -0.3 is 4.90 Å². The number of para-hydroxylation sites is 2. The van der Waals surface area contributed by atoms with E-state index in [1.807, 2.05) is 6.07 Å². The fourth-order valence-corrected chi connectivity index (χ4v) is 6.42. The molecule has 0 unspecified atom stereocenters. The molecule has 0 saturated carbocycles. The van der Waals surface area contributed by atoms with Crippen LogP contribution in [0.5, 0.6) is 0 Å². The number of nitrogens with zero attached hydrogens (tertiary/aromatic N) is 1. The molecule has 5 rings (SSSR count). The summed E-state index contributed by atoms with van der Waals surface area (Å²) in [6, 6.07) is 34.7. The molecule has 0 aromatic heterocycles. The summed E-state index contributed by atoms with van der Waals surface area (Å²) in [5, 5.41) is 0.350. The molecule has 4 aromatic rings. The molecule has 0 radical (unpaired) electrons. The number of carbonyl (C=O) groups excluding carboxylic acids is 1. The average Bonchev–Trinajstić information content (AvgIpc) is 3.24. The van der Waals surface area contributed by atoms with Gasteiger partial charge in [0.2, 0.25) is 0 Å². The van der Waals surface area contributed by atoms with Gasteiger partial charge in [-0.2, -0.15) is 0 Å². The van der Waals surface area contributed by atoms with E-state index in [2.05, 4.69) is 126 Å². The first kappa shape index (κ1) is 26.4. The van der Waals surface area contributed by atoms with Crippen LogP contribution < -0.4 is 4.90 Å². The summed E-state index contributed by atoms with van der Waals surface area (Å²) in [5.74, 6) is 0.142. The van der Waals surface area contributed by atoms with E-state index in [0.717, 1.165) is 55.5 Å². The third kappa shape index (κ3) is 4.85. The van der Waals surface area contributed by atoms with Crippen LogP contribution in [0.15, 0.2) is 97.1 Å². The highest BCUT2D eigenvalue weighted by atomic mass is 79.9. The van der Waals surface area contributed by atoms with Crippen molar-refractivity contribution in [1.82, 2.24) is 0 Å². The summed E-state index contributed by atoms with van der Waals surface area (Å²) in [6.07, 6.45) is 6.80. The van der Waals surface area contributed by atoms with Gasteiger partial charge in [-0.05, 0) is 77.6 Å². The average molecular weight is 567 g/mol. The molecule has 3 heteroatoms. The number of rotatable bonds is 11. The van der Waals surface area contributed by atoms with Crippen LogP contribution in [0.25, 0.3) is 11.1 Å². The van der Waals surface area contributed by atoms with Crippen molar-refractivity contribution >= 4 is 38.8 Å². The fourth-order valence-electron chi connectivity index (χ4n) is 6.09. The number of anilines is 3. The second-order valence-electron chi connectivity index (χ2n) is 10.3. The first-order chi connectivity index (χ1) is 18.6. The number of alkyl halides is 1. The van der Waals surface area contributed by atoms with Crippen molar-refractivity contribution in [3.63, 3.8) is 0 Å². The predicted molar refractivity (Wildman–Crippen MR) is 165 cm³/mol. The van der Waals surface area contributed by atoms with E-state index in [1.54, 1.807) is 0 Å². The second-order valence-corrected chi connectivity index (χ2v) is 10.9. The Morgan fingerprint density at radius 2 is 1.21 bits per heavy atom. The first-order valence-electron chi connectivity index (χ1n) is 13.9. The molecule has 0 fully saturated rings. The largest absolute Gasteiger partial charge is 0.310 e. The SMILES string of the molecule is CCCCC1(CCCC)c2cc(C(=O)CBr)ccc2-c2ccc(N(c3ccccc3)c3ccccc3)cc21. The lowest BCUT2D eigenvalue weighted by molar-refractivity contribution is 0.102. The van der Waals surface area contributed by atoms with Gasteiger partial charge in [0.25, 0.3) is 0 Å². The van der Waals surface area contributed by atoms with Gasteiger partial charge in [0.15, 0.2) is 5.78 Å². The smallest absolute Gasteiger partial charge is 0.173 e. The Balaban J connectivity index is 1.72. The second kappa shape index (κ2) is 11.7. The fraction of sp³-hybridized carbons (Fsp3) is 0.286. The number of halogens is 1. The lowest BCUT2D eigenvalue weighted by Crippen LogP contribution is -2.26. The third-order valence-corrected chi connectivity index (χ3v) is 8.50. The number of carbonyl (C=O) groups is 1. The number of hydrogen-bond donors (Lipinski definition) is 0. The molecule has 0 N–H and O–H groups in total. The Labute approximate surface area is 235 Å². The molecule has 1 aliphatic carbocycles. The van der Waals surface area contributed by atoms with Gasteiger partial charge in [0.05, 0.1) is 5.33 Å². The minimum Gasteiger partial charge on any atom is -0.310 e. The van der Waals surface area contributed by atoms with E-state index in [0.29, 0.717) is 5.33 Å². The standard InChI is InChI=1S/C35H36BrNO/c1-3-5-21-35(22-6-4-2)32-23-26(34(38)25-36)17-19-30(32)31-20-18-29(24-33(31)35)37(27-13-9-7-10-14-27)28-15-11-8-12-16-28/h7-20,23-24H,3-6,21-22,25H2,1-2H3. The van der Waals surface area contributed by atoms with E-state index >= 15 is 0 Å². The zero-order valence-electron chi connectivity index (χ0n) is 22.4. The Morgan fingerprint density at radius 3 is 1.74 bits per heavy atom. The van der Waals surface area contributed by atoms with Crippen molar-refractivity contribution < 1.29 is 4.79 Å². The highest BCUT2D eigenvalue weighted by Crippen LogP contribution is 2.55. The minimum absolute atomic E-state index is 0.0889. The van der Waals surface area contributed by atoms with E-state index < -0.39 is 0 Å². The number of ketones is 1. The van der Waals surface area contributed by atoms with Crippen LogP contribution >= 0.6 is 15.9 Å². The summed E-state index contributed by atoms with van der Waals surface area (Å²) >= 11 is 3.39. The van der Waals surface area contributed by atoms with Crippen LogP contribution in [-0.2, 0) is 5.41 Å². The molecule has 0 heterocycles. The molecule has 0 aliphatic heterocycles. The molecule has 0 atom stereocenters. The molecule has 0 bridgehead atoms. The number of Topliss-reactive ketones (excluding diaryl/α,β-unsaturated/α-hetero) is 1. The number of benzene rings is 4. The monoisotopic (exact) mass is 565 g/mol. The van der Waals surface area contributed by atoms with Gasteiger partial charge in [0.1, 0.15) is 0 Å². The summed E-state index contributed by atoms with van der Waals surface area (Å²) in [7, 11) is 0. The molecular weight excluding hydrogens is 530 g/mol. The van der Waals surface area contributed by atoms with Gasteiger partial charge in [-0.25, -0.2) is 0 Å². The molecule has 1 aliphatic rings. The zero-order valence-corrected chi connectivity index (χ0v) is 24.0. The Morgan fingerprint density at radius 1 is 0.684 bits per heavy atom. The maximum absolute atomic E-state index is 12.7. The lowest BCUT2D eigenvalue weighted by Gasteiger charge is -2.34. The number of unbranched alkanes of at least 4 members (excludes halogenated alkanes) is 2. The van der Waals surface area contributed by atoms with Crippen LogP contribution in [-0.4, -0.2) is 11.1 Å². The van der Waals surface area contributed by atoms with Crippen molar-refractivity contribution in [1.29, 1.82) is 0 Å². The molecule has 194 valence electrons. The van der Waals surface area contributed by atoms with Crippen LogP contribution in [0.4, 0.5) is 17.1 Å². The summed E-state index contributed by atoms with van der Waals surface area (Å²) < 4.78 is 0. The van der Waals surface area contributed by atoms with Crippen LogP contribution in [0, 0.1) is 0 Å². The molecular formula is C35H36BrNO. The van der Waals surface area contributed by atoms with Crippen molar-refractivity contribution in [3.8, 4) is 11.1 Å². The molecule has 38 heavy (non-hydrogen) atoms. The van der Waals surface area contributed by atoms with Crippen molar-refractivity contribution in [2.75, 3.05) is 10.2 Å². The Bertz CT molecular complexity index is 1350. The van der Waals surface area contributed by atoms with E-state index in [-0.39, 0.29) is 11.2 Å². The third-order valence-electron chi connectivity index (χ3n) is 7.99. The summed E-state index contributed by atoms with van der Waals surface area (Å²) in [5.41, 5.74) is 9.53. The Hall–Kier alpha value is -3.17. The number of hydrogen-bond acceptors (Lipinski definition) is 2. The Kier molecular flexibility index (Phi) is 8.14. The maximum Gasteiger partial charge on any atom is 0.173 e. The minimum atomic E-state index is -0.0889. The highest BCUT2D eigenvalue weighted by Gasteiger charge is 2.42. The first-order valence-corrected chi connectivity index (χ1v) is 15.0. The topological polar surface area (TPSA) is 20.3 Å². The van der Waals surface area contributed by atoms with Crippen LogP contribution in [0.2, 0.25) is 0 Å². The van der Waals surface area contributed by atoms with Gasteiger partial charge in [-0.15, -0.1) is 0 Å². The maximum atomic E-state index is 12.7. The quantitative estimate of drug-likeness (QED) is 0.133. The van der Waals surface area contributed by atoms with Crippen molar-refractivity contribution in [3.05, 3.63) is 114 Å². The van der Waals surface area contributed by atoms with Crippen molar-refractivity contribution in [2.45, 2.75) is 57.8 Å².